The van der Waals surface area contributed by atoms with Gasteiger partial charge in [0, 0.05) is 32.7 Å². The van der Waals surface area contributed by atoms with Crippen LogP contribution in [0.5, 0.6) is 0 Å². The average molecular weight is 397 g/mol. The fourth-order valence-electron chi connectivity index (χ4n) is 2.72. The lowest BCUT2D eigenvalue weighted by atomic mass is 10.0. The summed E-state index contributed by atoms with van der Waals surface area (Å²) in [6.07, 6.45) is 2.04. The maximum Gasteiger partial charge on any atom is 0.259 e. The van der Waals surface area contributed by atoms with E-state index in [0.717, 1.165) is 36.1 Å². The topological polar surface area (TPSA) is 48.1 Å². The molecular weight excluding hydrogens is 377 g/mol. The Morgan fingerprint density at radius 1 is 1.24 bits per heavy atom. The van der Waals surface area contributed by atoms with Crippen molar-refractivity contribution < 1.29 is 4.79 Å². The van der Waals surface area contributed by atoms with Crippen LogP contribution in [0.25, 0.3) is 10.9 Å². The molecule has 0 radical (unpaired) electrons. The largest absolute Gasteiger partial charge is 0.361 e. The Balaban J connectivity index is 2.21. The molecule has 0 unspecified atom stereocenters. The first-order chi connectivity index (χ1) is 10.2. The number of aromatic nitrogens is 1. The summed E-state index contributed by atoms with van der Waals surface area (Å²) >= 11 is -1.90. The van der Waals surface area contributed by atoms with Crippen molar-refractivity contribution in [2.45, 2.75) is 13.8 Å². The lowest BCUT2D eigenvalue weighted by molar-refractivity contribution is 0.0991. The summed E-state index contributed by atoms with van der Waals surface area (Å²) in [5.41, 5.74) is 2.98. The van der Waals surface area contributed by atoms with Gasteiger partial charge in [0.05, 0.1) is 5.56 Å². The predicted octanol–water partition coefficient (Wildman–Crippen LogP) is 2.63. The molecule has 2 N–H and O–H groups in total. The first-order valence-electron chi connectivity index (χ1n) is 7.14. The van der Waals surface area contributed by atoms with Gasteiger partial charge in [-0.25, -0.2) is 0 Å². The van der Waals surface area contributed by atoms with Gasteiger partial charge in [-0.1, -0.05) is 43.6 Å². The zero-order valence-corrected chi connectivity index (χ0v) is 14.5. The molecule has 0 atom stereocenters. The van der Waals surface area contributed by atoms with Crippen LogP contribution in [0, 0.1) is 0 Å². The monoisotopic (exact) mass is 397 g/mol. The summed E-state index contributed by atoms with van der Waals surface area (Å²) in [7, 11) is 0. The lowest BCUT2D eigenvalue weighted by Gasteiger charge is -2.20. The highest BCUT2D eigenvalue weighted by Gasteiger charge is 2.21. The molecule has 1 amide bonds. The first kappa shape index (κ1) is 14.6. The van der Waals surface area contributed by atoms with Crippen molar-refractivity contribution in [2.75, 3.05) is 19.6 Å². The normalized spacial score (nSPS) is 15.6. The smallest absolute Gasteiger partial charge is 0.259 e. The van der Waals surface area contributed by atoms with Crippen molar-refractivity contribution in [2.24, 2.45) is 0 Å². The number of aromatic amines is 1. The van der Waals surface area contributed by atoms with Crippen LogP contribution in [0.15, 0.2) is 24.4 Å². The number of benzene rings is 1. The minimum atomic E-state index is -1.90. The van der Waals surface area contributed by atoms with E-state index in [-0.39, 0.29) is 5.91 Å². The molecule has 0 bridgehead atoms. The highest BCUT2D eigenvalue weighted by atomic mass is 127. The van der Waals surface area contributed by atoms with Crippen LogP contribution in [0.4, 0.5) is 0 Å². The van der Waals surface area contributed by atoms with E-state index in [9.17, 15) is 4.79 Å². The number of nitrogens with one attached hydrogen (secondary N) is 2. The summed E-state index contributed by atoms with van der Waals surface area (Å²) < 4.78 is 8.80. The van der Waals surface area contributed by atoms with E-state index >= 15 is 0 Å². The third kappa shape index (κ3) is 2.48. The standard InChI is InChI=1S/C16H20IN3O/c1-4-20(5-2)10-13-12-9-18-14-8-6-7-11(15(12)14)16(21)19-17(13)3/h6-9,18H,3-5,10H2,1-2H3,(H,19,21). The molecule has 0 fully saturated rings. The highest BCUT2D eigenvalue weighted by molar-refractivity contribution is 14.2. The van der Waals surface area contributed by atoms with Gasteiger partial charge in [-0.15, -0.1) is 0 Å². The van der Waals surface area contributed by atoms with Crippen molar-refractivity contribution in [1.82, 2.24) is 13.4 Å². The van der Waals surface area contributed by atoms with Crippen LogP contribution in [-0.2, 0) is 0 Å². The molecular formula is C16H20IN3O. The van der Waals surface area contributed by atoms with Gasteiger partial charge in [0.25, 0.3) is 5.91 Å². The van der Waals surface area contributed by atoms with Crippen LogP contribution >= 0.6 is 19.1 Å². The number of halogens is 1. The minimum Gasteiger partial charge on any atom is -0.361 e. The van der Waals surface area contributed by atoms with Gasteiger partial charge in [0.2, 0.25) is 0 Å². The first-order valence-corrected chi connectivity index (χ1v) is 10.8. The summed E-state index contributed by atoms with van der Waals surface area (Å²) in [5.74, 6) is 0.0243. The van der Waals surface area contributed by atoms with Crippen LogP contribution < -0.4 is 3.53 Å². The molecule has 1 aliphatic rings. The zero-order chi connectivity index (χ0) is 15.0. The molecule has 0 aliphatic carbocycles. The minimum absolute atomic E-state index is 0.0243. The molecule has 112 valence electrons. The van der Waals surface area contributed by atoms with Crippen molar-refractivity contribution in [1.29, 1.82) is 0 Å². The highest BCUT2D eigenvalue weighted by Crippen LogP contribution is 2.29. The Morgan fingerprint density at radius 2 is 2.00 bits per heavy atom. The Morgan fingerprint density at radius 3 is 2.71 bits per heavy atom. The molecule has 0 spiro atoms. The van der Waals surface area contributed by atoms with Crippen molar-refractivity contribution >= 4 is 44.0 Å². The second kappa shape index (κ2) is 5.81. The van der Waals surface area contributed by atoms with Crippen LogP contribution in [0.3, 0.4) is 0 Å². The Labute approximate surface area is 131 Å². The van der Waals surface area contributed by atoms with E-state index in [1.54, 1.807) is 0 Å². The van der Waals surface area contributed by atoms with E-state index < -0.39 is 19.1 Å². The number of nitrogens with zero attached hydrogens (tertiary/aromatic N) is 1. The van der Waals surface area contributed by atoms with Crippen LogP contribution in [0.2, 0.25) is 0 Å². The number of rotatable bonds is 4. The van der Waals surface area contributed by atoms with E-state index in [0.29, 0.717) is 0 Å². The number of H-pyrrole nitrogens is 1. The molecule has 3 rings (SSSR count). The fourth-order valence-corrected chi connectivity index (χ4v) is 5.95. The second-order valence-electron chi connectivity index (χ2n) is 5.08. The van der Waals surface area contributed by atoms with E-state index in [2.05, 4.69) is 31.8 Å². The van der Waals surface area contributed by atoms with Gasteiger partial charge in [0.1, 0.15) is 0 Å². The molecule has 2 aromatic rings. The van der Waals surface area contributed by atoms with Gasteiger partial charge in [0.15, 0.2) is 0 Å². The Bertz CT molecular complexity index is 780. The third-order valence-corrected chi connectivity index (χ3v) is 7.61. The van der Waals surface area contributed by atoms with E-state index in [1.807, 2.05) is 24.4 Å². The molecule has 1 aromatic heterocycles. The van der Waals surface area contributed by atoms with Gasteiger partial charge in [-0.05, 0) is 25.2 Å². The maximum absolute atomic E-state index is 12.4. The third-order valence-electron chi connectivity index (χ3n) is 3.97. The summed E-state index contributed by atoms with van der Waals surface area (Å²) in [6, 6.07) is 5.85. The van der Waals surface area contributed by atoms with Gasteiger partial charge < -0.3 is 8.51 Å². The van der Waals surface area contributed by atoms with E-state index in [4.69, 9.17) is 0 Å². The second-order valence-corrected chi connectivity index (χ2v) is 8.99. The number of likely N-dealkylation sites (N-methyl/N-ethyl adjacent to an activating group) is 1. The SMILES string of the molecule is C=I1=C(CN(CC)CC)c2c[nH]c3cccc(c23)C(=O)N1. The summed E-state index contributed by atoms with van der Waals surface area (Å²) in [5, 5.41) is 1.06. The molecule has 1 aliphatic heterocycles. The Hall–Kier alpha value is -1.34. The van der Waals surface area contributed by atoms with Gasteiger partial charge >= 0.3 is 0 Å². The number of amides is 1. The number of carbonyl (C=O) groups excluding carboxylic acids is 1. The molecule has 21 heavy (non-hydrogen) atoms. The van der Waals surface area contributed by atoms with Crippen molar-refractivity contribution in [3.05, 3.63) is 35.5 Å². The zero-order valence-electron chi connectivity index (χ0n) is 12.4. The maximum atomic E-state index is 12.4. The van der Waals surface area contributed by atoms with E-state index in [1.165, 1.54) is 9.07 Å². The van der Waals surface area contributed by atoms with Gasteiger partial charge in [-0.3, -0.25) is 9.69 Å². The number of hydrogen-bond acceptors (Lipinski definition) is 2. The Kier molecular flexibility index (Phi) is 4.03. The quantitative estimate of drug-likeness (QED) is 0.616. The summed E-state index contributed by atoms with van der Waals surface area (Å²) in [6.45, 7) is 7.24. The summed E-state index contributed by atoms with van der Waals surface area (Å²) in [4.78, 5) is 18.1. The fraction of sp³-hybridized carbons (Fsp3) is 0.312. The number of hydrogen-bond donors (Lipinski definition) is 2. The van der Waals surface area contributed by atoms with Crippen LogP contribution in [0.1, 0.15) is 29.8 Å². The van der Waals surface area contributed by atoms with Crippen LogP contribution in [-0.4, -0.2) is 43.4 Å². The molecule has 0 saturated heterocycles. The molecule has 5 heteroatoms. The number of carbonyl (C=O) groups is 1. The molecule has 1 aromatic carbocycles. The average Bonchev–Trinajstić information content (AvgIpc) is 2.88. The van der Waals surface area contributed by atoms with Crippen molar-refractivity contribution in [3.8, 4) is 0 Å². The van der Waals surface area contributed by atoms with Crippen molar-refractivity contribution in [3.63, 3.8) is 0 Å². The lowest BCUT2D eigenvalue weighted by Crippen LogP contribution is -2.29. The molecule has 4 nitrogen and oxygen atoms in total. The van der Waals surface area contributed by atoms with Gasteiger partial charge in [-0.2, -0.15) is 0 Å². The molecule has 2 heterocycles. The molecule has 0 saturated carbocycles. The predicted molar refractivity (Wildman–Crippen MR) is 98.8 cm³/mol.